The molecule has 354 valence electrons. The highest BCUT2D eigenvalue weighted by molar-refractivity contribution is 7.99. The van der Waals surface area contributed by atoms with Crippen molar-refractivity contribution in [2.75, 3.05) is 6.61 Å². The largest absolute Gasteiger partial charge is 0.462 e. The summed E-state index contributed by atoms with van der Waals surface area (Å²) in [7, 11) is -6.43. The van der Waals surface area contributed by atoms with E-state index in [9.17, 15) is 4.79 Å². The molecule has 0 bridgehead atoms. The summed E-state index contributed by atoms with van der Waals surface area (Å²) in [5.74, 6) is -1.06. The minimum Gasteiger partial charge on any atom is -0.462 e. The Morgan fingerprint density at radius 3 is 1.89 bits per heavy atom. The third-order valence-electron chi connectivity index (χ3n) is 13.0. The van der Waals surface area contributed by atoms with Crippen molar-refractivity contribution < 1.29 is 27.9 Å². The van der Waals surface area contributed by atoms with Crippen LogP contribution in [-0.4, -0.2) is 67.5 Å². The van der Waals surface area contributed by atoms with Gasteiger partial charge in [-0.05, 0) is 110 Å². The zero-order valence-electron chi connectivity index (χ0n) is 42.3. The SMILES string of the molecule is Cc1ccc(C(=O)OCC[Si](C)(C)C)c(C(CC[C@H]2OC(C)(C)O[C@@H]2C(/C=C\C[C@H](C)O[Si](c2ccccc2)(c2ccccc2)C(C)(C)C)O[Si](C)(C)C(C)(C)C)Sc2ccccc2)c1. The van der Waals surface area contributed by atoms with Gasteiger partial charge >= 0.3 is 5.97 Å². The molecule has 4 aromatic rings. The van der Waals surface area contributed by atoms with Gasteiger partial charge in [-0.25, -0.2) is 4.79 Å². The van der Waals surface area contributed by atoms with Crippen LogP contribution in [0.15, 0.2) is 126 Å². The fourth-order valence-electron chi connectivity index (χ4n) is 8.46. The molecular formula is C55H80O6SSi3. The third kappa shape index (κ3) is 14.2. The summed E-state index contributed by atoms with van der Waals surface area (Å²) in [6, 6.07) is 39.3. The number of hydrogen-bond acceptors (Lipinski definition) is 7. The van der Waals surface area contributed by atoms with E-state index < -0.39 is 30.5 Å². The van der Waals surface area contributed by atoms with Crippen LogP contribution in [0.1, 0.15) is 108 Å². The zero-order valence-corrected chi connectivity index (χ0v) is 46.1. The van der Waals surface area contributed by atoms with E-state index in [1.54, 1.807) is 11.8 Å². The van der Waals surface area contributed by atoms with Crippen molar-refractivity contribution in [2.45, 2.75) is 178 Å². The summed E-state index contributed by atoms with van der Waals surface area (Å²) in [6.07, 6.45) is 5.63. The van der Waals surface area contributed by atoms with Crippen LogP contribution in [0, 0.1) is 6.92 Å². The molecule has 4 aromatic carbocycles. The summed E-state index contributed by atoms with van der Waals surface area (Å²) in [5.41, 5.74) is 2.74. The van der Waals surface area contributed by atoms with Crippen molar-refractivity contribution >= 4 is 52.8 Å². The maximum atomic E-state index is 13.9. The van der Waals surface area contributed by atoms with Crippen LogP contribution in [0.4, 0.5) is 0 Å². The van der Waals surface area contributed by atoms with Gasteiger partial charge in [-0.1, -0.05) is 170 Å². The van der Waals surface area contributed by atoms with E-state index in [4.69, 9.17) is 23.1 Å². The second kappa shape index (κ2) is 21.9. The first-order valence-electron chi connectivity index (χ1n) is 23.8. The predicted octanol–water partition coefficient (Wildman–Crippen LogP) is 13.9. The molecular weight excluding hydrogens is 873 g/mol. The van der Waals surface area contributed by atoms with E-state index in [1.807, 2.05) is 32.0 Å². The van der Waals surface area contributed by atoms with Gasteiger partial charge in [0.2, 0.25) is 0 Å². The Balaban J connectivity index is 1.46. The van der Waals surface area contributed by atoms with Crippen molar-refractivity contribution in [2.24, 2.45) is 0 Å². The fraction of sp³-hybridized carbons (Fsp3) is 0.509. The van der Waals surface area contributed by atoms with Crippen molar-refractivity contribution in [1.82, 2.24) is 0 Å². The standard InChI is InChI=1S/C55H80O6SSi3/c1-41-34-35-46(52(56)57-38-39-63(11,12)13)47(40-41)50(62-43-27-19-16-20-28-43)37-36-48-51(59-55(9,10)58-48)49(61-64(14,15)53(3,4)5)33-25-26-42(2)60-65(54(6,7)8,44-29-21-17-22-30-44)45-31-23-18-24-32-45/h16-25,27-35,40,42,48-51H,26,36-39H2,1-15H3/b33-25-/t42-,48+,49?,50?,51-/m0/s1. The summed E-state index contributed by atoms with van der Waals surface area (Å²) < 4.78 is 34.6. The normalized spacial score (nSPS) is 18.7. The molecule has 65 heavy (non-hydrogen) atoms. The van der Waals surface area contributed by atoms with E-state index in [-0.39, 0.29) is 45.7 Å². The number of ether oxygens (including phenoxy) is 3. The Kier molecular flexibility index (Phi) is 17.8. The van der Waals surface area contributed by atoms with E-state index >= 15 is 0 Å². The van der Waals surface area contributed by atoms with Crippen LogP contribution < -0.4 is 10.4 Å². The highest BCUT2D eigenvalue weighted by Crippen LogP contribution is 2.45. The smallest absolute Gasteiger partial charge is 0.338 e. The maximum absolute atomic E-state index is 13.9. The van der Waals surface area contributed by atoms with Gasteiger partial charge in [-0.3, -0.25) is 0 Å². The Morgan fingerprint density at radius 1 is 0.785 bits per heavy atom. The van der Waals surface area contributed by atoms with Crippen molar-refractivity contribution in [1.29, 1.82) is 0 Å². The third-order valence-corrected chi connectivity index (χ3v) is 25.6. The molecule has 1 aliphatic rings. The van der Waals surface area contributed by atoms with Gasteiger partial charge in [-0.2, -0.15) is 0 Å². The molecule has 0 amide bonds. The number of aryl methyl sites for hydroxylation is 1. The summed E-state index contributed by atoms with van der Waals surface area (Å²) in [6.45, 7) is 34.1. The number of carbonyl (C=O) groups is 1. The molecule has 6 nitrogen and oxygen atoms in total. The van der Waals surface area contributed by atoms with Crippen molar-refractivity contribution in [3.8, 4) is 0 Å². The van der Waals surface area contributed by atoms with Gasteiger partial charge < -0.3 is 23.1 Å². The minimum atomic E-state index is -2.75. The summed E-state index contributed by atoms with van der Waals surface area (Å²) in [5, 5.41) is 2.36. The number of benzene rings is 4. The van der Waals surface area contributed by atoms with Crippen LogP contribution >= 0.6 is 11.8 Å². The van der Waals surface area contributed by atoms with Crippen LogP contribution in [0.3, 0.4) is 0 Å². The van der Waals surface area contributed by atoms with Gasteiger partial charge in [-0.15, -0.1) is 11.8 Å². The number of thioether (sulfide) groups is 1. The maximum Gasteiger partial charge on any atom is 0.338 e. The summed E-state index contributed by atoms with van der Waals surface area (Å²) >= 11 is 1.79. The molecule has 1 aliphatic heterocycles. The highest BCUT2D eigenvalue weighted by Gasteiger charge is 2.51. The molecule has 5 rings (SSSR count). The molecule has 0 radical (unpaired) electrons. The van der Waals surface area contributed by atoms with Gasteiger partial charge in [0.05, 0.1) is 24.4 Å². The quantitative estimate of drug-likeness (QED) is 0.0378. The Morgan fingerprint density at radius 2 is 1.35 bits per heavy atom. The average molecular weight is 954 g/mol. The van der Waals surface area contributed by atoms with Crippen LogP contribution in [0.5, 0.6) is 0 Å². The lowest BCUT2D eigenvalue weighted by atomic mass is 9.96. The number of hydrogen-bond donors (Lipinski definition) is 0. The first-order valence-corrected chi connectivity index (χ1v) is 33.2. The summed E-state index contributed by atoms with van der Waals surface area (Å²) in [4.78, 5) is 15.0. The van der Waals surface area contributed by atoms with E-state index in [0.717, 1.165) is 28.5 Å². The lowest BCUT2D eigenvalue weighted by Gasteiger charge is -2.44. The first-order chi connectivity index (χ1) is 30.3. The van der Waals surface area contributed by atoms with Crippen molar-refractivity contribution in [3.63, 3.8) is 0 Å². The fourth-order valence-corrected chi connectivity index (χ4v) is 16.4. The molecule has 10 heteroatoms. The molecule has 1 saturated heterocycles. The molecule has 1 fully saturated rings. The van der Waals surface area contributed by atoms with E-state index in [1.165, 1.54) is 10.4 Å². The number of rotatable bonds is 20. The Hall–Kier alpha value is -3.07. The van der Waals surface area contributed by atoms with Gasteiger partial charge in [0, 0.05) is 24.3 Å². The molecule has 5 atom stereocenters. The number of esters is 1. The lowest BCUT2D eigenvalue weighted by Crippen LogP contribution is -2.67. The molecule has 0 N–H and O–H groups in total. The second-order valence-electron chi connectivity index (χ2n) is 22.3. The van der Waals surface area contributed by atoms with Gasteiger partial charge in [0.1, 0.15) is 6.10 Å². The Labute approximate surface area is 400 Å². The minimum absolute atomic E-state index is 0.0219. The van der Waals surface area contributed by atoms with Crippen LogP contribution in [0.2, 0.25) is 48.9 Å². The monoisotopic (exact) mass is 952 g/mol. The molecule has 0 spiro atoms. The van der Waals surface area contributed by atoms with Crippen molar-refractivity contribution in [3.05, 3.63) is 138 Å². The van der Waals surface area contributed by atoms with E-state index in [2.05, 4.69) is 191 Å². The molecule has 0 aliphatic carbocycles. The van der Waals surface area contributed by atoms with Gasteiger partial charge in [0.25, 0.3) is 8.32 Å². The van der Waals surface area contributed by atoms with Gasteiger partial charge in [0.15, 0.2) is 14.1 Å². The van der Waals surface area contributed by atoms with Crippen LogP contribution in [-0.2, 0) is 23.1 Å². The average Bonchev–Trinajstić information content (AvgIpc) is 3.54. The van der Waals surface area contributed by atoms with Crippen LogP contribution in [0.25, 0.3) is 0 Å². The number of carbonyl (C=O) groups excluding carboxylic acids is 1. The molecule has 0 saturated carbocycles. The Bertz CT molecular complexity index is 2100. The topological polar surface area (TPSA) is 63.2 Å². The second-order valence-corrected chi connectivity index (χ2v) is 38.2. The zero-order chi connectivity index (χ0) is 47.8. The molecule has 0 aromatic heterocycles. The first kappa shape index (κ1) is 52.9. The molecule has 2 unspecified atom stereocenters. The molecule has 1 heterocycles. The predicted molar refractivity (Wildman–Crippen MR) is 282 cm³/mol. The highest BCUT2D eigenvalue weighted by atomic mass is 32.2. The van der Waals surface area contributed by atoms with E-state index in [0.29, 0.717) is 25.0 Å². The lowest BCUT2D eigenvalue weighted by molar-refractivity contribution is -0.152.